The first-order valence-corrected chi connectivity index (χ1v) is 11.4. The summed E-state index contributed by atoms with van der Waals surface area (Å²) in [6, 6.07) is 6.86. The highest BCUT2D eigenvalue weighted by Gasteiger charge is 2.42. The average molecular weight is 439 g/mol. The molecule has 2 aromatic heterocycles. The van der Waals surface area contributed by atoms with Crippen LogP contribution in [0.1, 0.15) is 38.5 Å². The molecule has 2 aromatic rings. The van der Waals surface area contributed by atoms with E-state index >= 15 is 0 Å². The van der Waals surface area contributed by atoms with Gasteiger partial charge in [0.2, 0.25) is 0 Å². The van der Waals surface area contributed by atoms with Gasteiger partial charge in [0.15, 0.2) is 0 Å². The van der Waals surface area contributed by atoms with E-state index in [0.29, 0.717) is 35.6 Å². The van der Waals surface area contributed by atoms with Gasteiger partial charge in [0, 0.05) is 55.8 Å². The Kier molecular flexibility index (Phi) is 7.18. The normalized spacial score (nSPS) is 21.5. The molecule has 0 radical (unpaired) electrons. The predicted octanol–water partition coefficient (Wildman–Crippen LogP) is 3.96. The zero-order valence-electron chi connectivity index (χ0n) is 18.5. The largest absolute Gasteiger partial charge is 0.383 e. The second-order valence-corrected chi connectivity index (χ2v) is 8.90. The Balaban J connectivity index is 1.37. The summed E-state index contributed by atoms with van der Waals surface area (Å²) in [5, 5.41) is 19.5. The van der Waals surface area contributed by atoms with Crippen molar-refractivity contribution in [2.24, 2.45) is 5.41 Å². The molecule has 8 heteroatoms. The van der Waals surface area contributed by atoms with Crippen LogP contribution in [0.4, 0.5) is 15.9 Å². The zero-order valence-corrected chi connectivity index (χ0v) is 18.5. The summed E-state index contributed by atoms with van der Waals surface area (Å²) in [5.74, 6) is 0.299. The van der Waals surface area contributed by atoms with Crippen molar-refractivity contribution in [3.63, 3.8) is 0 Å². The number of hydrogen-bond donors (Lipinski definition) is 3. The monoisotopic (exact) mass is 438 g/mol. The zero-order chi connectivity index (χ0) is 22.4. The van der Waals surface area contributed by atoms with Gasteiger partial charge in [0.05, 0.1) is 30.0 Å². The van der Waals surface area contributed by atoms with Gasteiger partial charge in [0.1, 0.15) is 11.6 Å². The lowest BCUT2D eigenvalue weighted by atomic mass is 9.91. The van der Waals surface area contributed by atoms with E-state index in [-0.39, 0.29) is 11.2 Å². The highest BCUT2D eigenvalue weighted by atomic mass is 19.1. The molecule has 0 spiro atoms. The summed E-state index contributed by atoms with van der Waals surface area (Å²) in [4.78, 5) is 8.52. The molecule has 3 N–H and O–H groups in total. The minimum Gasteiger partial charge on any atom is -0.383 e. The highest BCUT2D eigenvalue weighted by molar-refractivity contribution is 5.69. The number of halogens is 1. The van der Waals surface area contributed by atoms with E-state index in [1.54, 1.807) is 25.6 Å². The molecule has 2 aliphatic rings. The lowest BCUT2D eigenvalue weighted by molar-refractivity contribution is 0.191. The van der Waals surface area contributed by atoms with Gasteiger partial charge >= 0.3 is 0 Å². The van der Waals surface area contributed by atoms with Gasteiger partial charge in [-0.15, -0.1) is 0 Å². The standard InChI is InChI=1S/C24H31FN6O/c1-32-9-8-28-18-2-4-19(5-3-18)31-23-11-21(22(25)14-29-23)17-10-20(13-27-12-17)30-16-24(15-26)6-7-24/h10-14,18-19,28,30H,2-9,16H2,1H3,(H,29,31). The van der Waals surface area contributed by atoms with Crippen molar-refractivity contribution in [3.05, 3.63) is 36.5 Å². The molecule has 2 heterocycles. The third-order valence-electron chi connectivity index (χ3n) is 6.44. The summed E-state index contributed by atoms with van der Waals surface area (Å²) in [5.41, 5.74) is 1.68. The highest BCUT2D eigenvalue weighted by Crippen LogP contribution is 2.44. The van der Waals surface area contributed by atoms with Crippen LogP contribution in [0.25, 0.3) is 11.1 Å². The predicted molar refractivity (Wildman–Crippen MR) is 123 cm³/mol. The topological polar surface area (TPSA) is 94.9 Å². The summed E-state index contributed by atoms with van der Waals surface area (Å²) in [7, 11) is 1.72. The first kappa shape index (κ1) is 22.4. The number of aromatic nitrogens is 2. The Morgan fingerprint density at radius 2 is 1.94 bits per heavy atom. The molecule has 0 unspecified atom stereocenters. The SMILES string of the molecule is COCCNC1CCC(Nc2cc(-c3cncc(NCC4(C#N)CC4)c3)c(F)cn2)CC1. The van der Waals surface area contributed by atoms with Crippen LogP contribution in [0.2, 0.25) is 0 Å². The van der Waals surface area contributed by atoms with E-state index in [9.17, 15) is 9.65 Å². The third-order valence-corrected chi connectivity index (χ3v) is 6.44. The van der Waals surface area contributed by atoms with Crippen molar-refractivity contribution < 1.29 is 9.13 Å². The van der Waals surface area contributed by atoms with Crippen LogP contribution in [0, 0.1) is 22.6 Å². The molecule has 32 heavy (non-hydrogen) atoms. The van der Waals surface area contributed by atoms with E-state index in [0.717, 1.165) is 57.4 Å². The van der Waals surface area contributed by atoms with Crippen molar-refractivity contribution in [1.29, 1.82) is 5.26 Å². The number of methoxy groups -OCH3 is 1. The Morgan fingerprint density at radius 3 is 2.66 bits per heavy atom. The molecule has 0 atom stereocenters. The third kappa shape index (κ3) is 5.72. The number of rotatable bonds is 10. The second-order valence-electron chi connectivity index (χ2n) is 8.90. The van der Waals surface area contributed by atoms with Gasteiger partial charge in [-0.3, -0.25) is 4.98 Å². The van der Waals surface area contributed by atoms with E-state index in [1.165, 1.54) is 6.20 Å². The fourth-order valence-electron chi connectivity index (χ4n) is 4.19. The quantitative estimate of drug-likeness (QED) is 0.483. The molecule has 0 saturated heterocycles. The number of nitriles is 1. The van der Waals surface area contributed by atoms with Crippen LogP contribution >= 0.6 is 0 Å². The summed E-state index contributed by atoms with van der Waals surface area (Å²) in [6.07, 6.45) is 10.7. The maximum Gasteiger partial charge on any atom is 0.149 e. The van der Waals surface area contributed by atoms with Crippen LogP contribution < -0.4 is 16.0 Å². The smallest absolute Gasteiger partial charge is 0.149 e. The molecule has 2 fully saturated rings. The van der Waals surface area contributed by atoms with Crippen LogP contribution in [-0.2, 0) is 4.74 Å². The Bertz CT molecular complexity index is 950. The van der Waals surface area contributed by atoms with Gasteiger partial charge in [-0.1, -0.05) is 0 Å². The minimum atomic E-state index is -0.378. The minimum absolute atomic E-state index is 0.257. The molecule has 0 aromatic carbocycles. The molecule has 2 aliphatic carbocycles. The van der Waals surface area contributed by atoms with Crippen molar-refractivity contribution in [1.82, 2.24) is 15.3 Å². The molecule has 0 bridgehead atoms. The first-order valence-electron chi connectivity index (χ1n) is 11.4. The Morgan fingerprint density at radius 1 is 1.16 bits per heavy atom. The molecule has 7 nitrogen and oxygen atoms in total. The Labute approximate surface area is 188 Å². The molecular weight excluding hydrogens is 407 g/mol. The number of anilines is 2. The summed E-state index contributed by atoms with van der Waals surface area (Å²) < 4.78 is 19.7. The fraction of sp³-hybridized carbons (Fsp3) is 0.542. The lowest BCUT2D eigenvalue weighted by Crippen LogP contribution is -2.38. The summed E-state index contributed by atoms with van der Waals surface area (Å²) in [6.45, 7) is 2.19. The van der Waals surface area contributed by atoms with Crippen LogP contribution in [0.3, 0.4) is 0 Å². The van der Waals surface area contributed by atoms with Crippen molar-refractivity contribution in [3.8, 4) is 17.2 Å². The molecule has 170 valence electrons. The van der Waals surface area contributed by atoms with Gasteiger partial charge in [0.25, 0.3) is 0 Å². The van der Waals surface area contributed by atoms with Gasteiger partial charge in [-0.2, -0.15) is 5.26 Å². The number of nitrogens with one attached hydrogen (secondary N) is 3. The lowest BCUT2D eigenvalue weighted by Gasteiger charge is -2.30. The average Bonchev–Trinajstić information content (AvgIpc) is 3.61. The van der Waals surface area contributed by atoms with E-state index in [1.807, 2.05) is 6.07 Å². The summed E-state index contributed by atoms with van der Waals surface area (Å²) >= 11 is 0. The second kappa shape index (κ2) is 10.2. The van der Waals surface area contributed by atoms with Gasteiger partial charge in [-0.25, -0.2) is 9.37 Å². The van der Waals surface area contributed by atoms with E-state index < -0.39 is 0 Å². The van der Waals surface area contributed by atoms with Crippen LogP contribution in [0.15, 0.2) is 30.7 Å². The molecule has 4 rings (SSSR count). The number of nitrogens with zero attached hydrogens (tertiary/aromatic N) is 3. The van der Waals surface area contributed by atoms with Crippen LogP contribution in [0.5, 0.6) is 0 Å². The molecular formula is C24H31FN6O. The fourth-order valence-corrected chi connectivity index (χ4v) is 4.19. The number of hydrogen-bond acceptors (Lipinski definition) is 7. The van der Waals surface area contributed by atoms with E-state index in [4.69, 9.17) is 4.74 Å². The molecule has 0 aliphatic heterocycles. The number of ether oxygens (including phenoxy) is 1. The van der Waals surface area contributed by atoms with Gasteiger partial charge in [-0.05, 0) is 50.7 Å². The maximum atomic E-state index is 14.6. The van der Waals surface area contributed by atoms with Crippen molar-refractivity contribution in [2.75, 3.05) is 37.4 Å². The maximum absolute atomic E-state index is 14.6. The van der Waals surface area contributed by atoms with Crippen LogP contribution in [-0.4, -0.2) is 48.9 Å². The van der Waals surface area contributed by atoms with Gasteiger partial charge < -0.3 is 20.7 Å². The Hall–Kier alpha value is -2.76. The first-order chi connectivity index (χ1) is 15.6. The van der Waals surface area contributed by atoms with E-state index in [2.05, 4.69) is 32.0 Å². The molecule has 0 amide bonds. The van der Waals surface area contributed by atoms with Crippen molar-refractivity contribution >= 4 is 11.5 Å². The molecule has 2 saturated carbocycles. The van der Waals surface area contributed by atoms with Crippen molar-refractivity contribution in [2.45, 2.75) is 50.6 Å². The number of pyridine rings is 2.